The van der Waals surface area contributed by atoms with E-state index in [1.54, 1.807) is 11.3 Å². The van der Waals surface area contributed by atoms with Gasteiger partial charge in [-0.15, -0.1) is 11.3 Å². The number of carboxylic acid groups (broad SMARTS) is 1. The predicted octanol–water partition coefficient (Wildman–Crippen LogP) is 4.99. The summed E-state index contributed by atoms with van der Waals surface area (Å²) in [7, 11) is 0. The summed E-state index contributed by atoms with van der Waals surface area (Å²) in [4.78, 5) is 28.0. The van der Waals surface area contributed by atoms with Gasteiger partial charge in [-0.05, 0) is 51.7 Å². The number of aliphatic carboxylic acids is 1. The maximum Gasteiger partial charge on any atom is 0.307 e. The van der Waals surface area contributed by atoms with Gasteiger partial charge in [-0.1, -0.05) is 35.1 Å². The van der Waals surface area contributed by atoms with Crippen LogP contribution in [-0.4, -0.2) is 26.5 Å². The van der Waals surface area contributed by atoms with Crippen LogP contribution in [0.5, 0.6) is 0 Å². The van der Waals surface area contributed by atoms with E-state index in [0.717, 1.165) is 32.1 Å². The number of carboxylic acids is 1. The number of thiazole rings is 1. The van der Waals surface area contributed by atoms with Gasteiger partial charge in [0.25, 0.3) is 5.91 Å². The van der Waals surface area contributed by atoms with Crippen molar-refractivity contribution in [3.8, 4) is 10.4 Å². The number of amides is 1. The molecule has 3 heterocycles. The molecule has 0 bridgehead atoms. The molecule has 0 fully saturated rings. The molecule has 5 rings (SSSR count). The van der Waals surface area contributed by atoms with E-state index < -0.39 is 11.9 Å². The minimum absolute atomic E-state index is 0.0981. The lowest BCUT2D eigenvalue weighted by Crippen LogP contribution is -2.12. The van der Waals surface area contributed by atoms with Crippen molar-refractivity contribution in [2.24, 2.45) is 5.73 Å². The van der Waals surface area contributed by atoms with Gasteiger partial charge >= 0.3 is 5.97 Å². The molecule has 0 spiro atoms. The standard InChI is InChI=1S/C23H17ClN4O3S2/c24-14-2-4-18-16(7-14)13(10-32-18)9-28-8-12(6-19(29)30)15-3-1-11(5-17(15)28)21-20(22(25)31)27-23(26)33-21/h1-5,7-8,10H,6,9H2,(H2,25,31)(H2,26,27)(H,29,30). The number of hydrogen-bond acceptors (Lipinski definition) is 6. The Kier molecular flexibility index (Phi) is 5.32. The molecule has 0 aliphatic rings. The van der Waals surface area contributed by atoms with Crippen molar-refractivity contribution >= 4 is 72.3 Å². The Labute approximate surface area is 200 Å². The summed E-state index contributed by atoms with van der Waals surface area (Å²) in [5.74, 6) is -1.56. The molecule has 0 atom stereocenters. The minimum Gasteiger partial charge on any atom is -0.481 e. The first-order valence-corrected chi connectivity index (χ1v) is 11.9. The summed E-state index contributed by atoms with van der Waals surface area (Å²) < 4.78 is 3.15. The van der Waals surface area contributed by atoms with Gasteiger partial charge in [0.05, 0.1) is 11.3 Å². The first kappa shape index (κ1) is 21.4. The van der Waals surface area contributed by atoms with Crippen LogP contribution < -0.4 is 11.5 Å². The molecule has 5 aromatic rings. The lowest BCUT2D eigenvalue weighted by molar-refractivity contribution is -0.136. The molecule has 33 heavy (non-hydrogen) atoms. The zero-order chi connectivity index (χ0) is 23.3. The Morgan fingerprint density at radius 3 is 2.70 bits per heavy atom. The smallest absolute Gasteiger partial charge is 0.307 e. The summed E-state index contributed by atoms with van der Waals surface area (Å²) in [5, 5.41) is 14.3. The van der Waals surface area contributed by atoms with Gasteiger partial charge in [0, 0.05) is 33.4 Å². The summed E-state index contributed by atoms with van der Waals surface area (Å²) in [6.07, 6.45) is 1.77. The average molecular weight is 497 g/mol. The highest BCUT2D eigenvalue weighted by Gasteiger charge is 2.19. The van der Waals surface area contributed by atoms with Crippen molar-refractivity contribution in [2.45, 2.75) is 13.0 Å². The van der Waals surface area contributed by atoms with Gasteiger partial charge in [0.1, 0.15) is 5.69 Å². The van der Waals surface area contributed by atoms with Crippen LogP contribution in [0.3, 0.4) is 0 Å². The second-order valence-electron chi connectivity index (χ2n) is 7.58. The molecule has 0 radical (unpaired) electrons. The lowest BCUT2D eigenvalue weighted by Gasteiger charge is -2.07. The molecule has 5 N–H and O–H groups in total. The van der Waals surface area contributed by atoms with Gasteiger partial charge in [0.2, 0.25) is 0 Å². The zero-order valence-electron chi connectivity index (χ0n) is 17.0. The summed E-state index contributed by atoms with van der Waals surface area (Å²) in [5.41, 5.74) is 14.8. The Balaban J connectivity index is 1.67. The summed E-state index contributed by atoms with van der Waals surface area (Å²) >= 11 is 9.04. The summed E-state index contributed by atoms with van der Waals surface area (Å²) in [6, 6.07) is 11.4. The van der Waals surface area contributed by atoms with Crippen molar-refractivity contribution in [1.29, 1.82) is 0 Å². The SMILES string of the molecule is NC(=O)c1nc(N)sc1-c1ccc2c(CC(=O)O)cn(Cc3csc4ccc(Cl)cc34)c2c1. The van der Waals surface area contributed by atoms with Crippen LogP contribution >= 0.6 is 34.3 Å². The van der Waals surface area contributed by atoms with Crippen molar-refractivity contribution in [2.75, 3.05) is 5.73 Å². The number of hydrogen-bond donors (Lipinski definition) is 3. The molecule has 10 heteroatoms. The van der Waals surface area contributed by atoms with Crippen molar-refractivity contribution in [1.82, 2.24) is 9.55 Å². The third kappa shape index (κ3) is 3.95. The van der Waals surface area contributed by atoms with Crippen molar-refractivity contribution < 1.29 is 14.7 Å². The van der Waals surface area contributed by atoms with Crippen LogP contribution in [0.15, 0.2) is 48.0 Å². The maximum absolute atomic E-state index is 11.9. The molecule has 166 valence electrons. The third-order valence-electron chi connectivity index (χ3n) is 5.40. The number of rotatable bonds is 6. The second kappa shape index (κ2) is 8.18. The number of aromatic nitrogens is 2. The highest BCUT2D eigenvalue weighted by Crippen LogP contribution is 2.36. The molecular formula is C23H17ClN4O3S2. The number of benzene rings is 2. The normalized spacial score (nSPS) is 11.4. The fraction of sp³-hybridized carbons (Fsp3) is 0.0870. The molecular weight excluding hydrogens is 480 g/mol. The van der Waals surface area contributed by atoms with Crippen LogP contribution in [0.25, 0.3) is 31.4 Å². The molecule has 0 unspecified atom stereocenters. The fourth-order valence-electron chi connectivity index (χ4n) is 4.00. The number of thiophene rings is 1. The molecule has 3 aromatic heterocycles. The van der Waals surface area contributed by atoms with E-state index in [2.05, 4.69) is 10.4 Å². The van der Waals surface area contributed by atoms with Gasteiger partial charge < -0.3 is 21.1 Å². The van der Waals surface area contributed by atoms with E-state index in [4.69, 9.17) is 23.1 Å². The van der Waals surface area contributed by atoms with E-state index in [1.165, 1.54) is 11.3 Å². The number of halogens is 1. The molecule has 0 saturated heterocycles. The Morgan fingerprint density at radius 2 is 1.94 bits per heavy atom. The number of nitrogens with two attached hydrogens (primary N) is 2. The average Bonchev–Trinajstić information content (AvgIpc) is 3.44. The van der Waals surface area contributed by atoms with E-state index in [1.807, 2.05) is 47.2 Å². The predicted molar refractivity (Wildman–Crippen MR) is 133 cm³/mol. The Bertz CT molecular complexity index is 1570. The van der Waals surface area contributed by atoms with Crippen molar-refractivity contribution in [3.05, 3.63) is 69.8 Å². The van der Waals surface area contributed by atoms with Crippen molar-refractivity contribution in [3.63, 3.8) is 0 Å². The molecule has 2 aromatic carbocycles. The first-order valence-electron chi connectivity index (χ1n) is 9.86. The van der Waals surface area contributed by atoms with Gasteiger partial charge in [-0.25, -0.2) is 4.98 Å². The van der Waals surface area contributed by atoms with Crippen LogP contribution in [0, 0.1) is 0 Å². The van der Waals surface area contributed by atoms with Gasteiger partial charge in [-0.3, -0.25) is 9.59 Å². The number of nitrogen functional groups attached to an aromatic ring is 1. The van der Waals surface area contributed by atoms with E-state index in [9.17, 15) is 14.7 Å². The highest BCUT2D eigenvalue weighted by atomic mass is 35.5. The van der Waals surface area contributed by atoms with Gasteiger partial charge in [-0.2, -0.15) is 0 Å². The lowest BCUT2D eigenvalue weighted by atomic mass is 10.1. The maximum atomic E-state index is 11.9. The number of nitrogens with zero attached hydrogens (tertiary/aromatic N) is 2. The highest BCUT2D eigenvalue weighted by molar-refractivity contribution is 7.19. The summed E-state index contributed by atoms with van der Waals surface area (Å²) in [6.45, 7) is 0.535. The minimum atomic E-state index is -0.905. The van der Waals surface area contributed by atoms with E-state index in [0.29, 0.717) is 22.0 Å². The molecule has 1 amide bonds. The van der Waals surface area contributed by atoms with Crippen LogP contribution in [-0.2, 0) is 17.8 Å². The zero-order valence-corrected chi connectivity index (χ0v) is 19.4. The molecule has 0 saturated carbocycles. The molecule has 0 aliphatic carbocycles. The quantitative estimate of drug-likeness (QED) is 0.305. The number of primary amides is 1. The number of carbonyl (C=O) groups excluding carboxylic acids is 1. The van der Waals surface area contributed by atoms with E-state index in [-0.39, 0.29) is 17.2 Å². The largest absolute Gasteiger partial charge is 0.481 e. The van der Waals surface area contributed by atoms with E-state index >= 15 is 0 Å². The van der Waals surface area contributed by atoms with Gasteiger partial charge in [0.15, 0.2) is 5.13 Å². The van der Waals surface area contributed by atoms with Crippen LogP contribution in [0.2, 0.25) is 5.02 Å². The first-order chi connectivity index (χ1) is 15.8. The molecule has 0 aliphatic heterocycles. The number of fused-ring (bicyclic) bond motifs is 2. The Morgan fingerprint density at radius 1 is 1.12 bits per heavy atom. The topological polar surface area (TPSA) is 124 Å². The van der Waals surface area contributed by atoms with Crippen LogP contribution in [0.1, 0.15) is 21.6 Å². The fourth-order valence-corrected chi connectivity index (χ4v) is 5.94. The third-order valence-corrected chi connectivity index (χ3v) is 7.58. The second-order valence-corrected chi connectivity index (χ2v) is 9.96. The monoisotopic (exact) mass is 496 g/mol. The number of anilines is 1. The van der Waals surface area contributed by atoms with Crippen LogP contribution in [0.4, 0.5) is 5.13 Å². The Hall–Kier alpha value is -3.40. The number of carbonyl (C=O) groups is 2. The molecule has 7 nitrogen and oxygen atoms in total.